The van der Waals surface area contributed by atoms with Crippen molar-refractivity contribution in [1.82, 2.24) is 0 Å². The van der Waals surface area contributed by atoms with Gasteiger partial charge in [0, 0.05) is 18.1 Å². The van der Waals surface area contributed by atoms with Gasteiger partial charge in [0.25, 0.3) is 5.69 Å². The highest BCUT2D eigenvalue weighted by molar-refractivity contribution is 6.08. The summed E-state index contributed by atoms with van der Waals surface area (Å²) in [5.41, 5.74) is 0.358. The van der Waals surface area contributed by atoms with Crippen molar-refractivity contribution in [3.05, 3.63) is 46.5 Å². The first kappa shape index (κ1) is 15.1. The van der Waals surface area contributed by atoms with Gasteiger partial charge in [0.2, 0.25) is 12.3 Å². The van der Waals surface area contributed by atoms with Crippen molar-refractivity contribution in [2.45, 2.75) is 19.8 Å². The van der Waals surface area contributed by atoms with Crippen molar-refractivity contribution in [2.24, 2.45) is 29.1 Å². The lowest BCUT2D eigenvalue weighted by Gasteiger charge is -2.27. The largest absolute Gasteiger partial charge is 0.278 e. The van der Waals surface area contributed by atoms with Gasteiger partial charge in [0.05, 0.1) is 10.6 Å². The van der Waals surface area contributed by atoms with E-state index in [4.69, 9.17) is 0 Å². The summed E-state index contributed by atoms with van der Waals surface area (Å²) in [6.07, 6.45) is 7.12. The molecule has 0 N–H and O–H groups in total. The van der Waals surface area contributed by atoms with Crippen LogP contribution in [-0.2, 0) is 9.59 Å². The summed E-state index contributed by atoms with van der Waals surface area (Å²) < 4.78 is 0. The Hall–Kier alpha value is -2.50. The normalized spacial score (nSPS) is 31.2. The number of hydrogen-bond donors (Lipinski definition) is 0. The highest BCUT2D eigenvalue weighted by Gasteiger charge is 2.67. The van der Waals surface area contributed by atoms with Gasteiger partial charge < -0.3 is 0 Å². The van der Waals surface area contributed by atoms with Gasteiger partial charge in [-0.1, -0.05) is 25.1 Å². The molecule has 2 saturated carbocycles. The van der Waals surface area contributed by atoms with E-state index in [0.29, 0.717) is 12.3 Å². The van der Waals surface area contributed by atoms with Gasteiger partial charge in [0.1, 0.15) is 0 Å². The number of nitro groups is 1. The first-order chi connectivity index (χ1) is 11.5. The number of nitro benzene ring substituents is 1. The number of nitrogens with zero attached hydrogens (tertiary/aromatic N) is 2. The van der Waals surface area contributed by atoms with E-state index >= 15 is 0 Å². The second kappa shape index (κ2) is 5.00. The number of non-ortho nitro benzene ring substituents is 1. The molecule has 1 spiro atoms. The number of carbonyl (C=O) groups is 2. The predicted octanol–water partition coefficient (Wildman–Crippen LogP) is 2.93. The van der Waals surface area contributed by atoms with E-state index in [9.17, 15) is 19.7 Å². The van der Waals surface area contributed by atoms with Gasteiger partial charge >= 0.3 is 0 Å². The van der Waals surface area contributed by atoms with Crippen LogP contribution >= 0.6 is 0 Å². The second-order valence-corrected chi connectivity index (χ2v) is 7.15. The number of rotatable bonds is 4. The molecule has 1 aromatic carbocycles. The van der Waals surface area contributed by atoms with Gasteiger partial charge in [-0.3, -0.25) is 24.6 Å². The van der Waals surface area contributed by atoms with E-state index in [2.05, 4.69) is 19.1 Å². The number of imide groups is 1. The molecular weight excluding hydrogens is 308 g/mol. The molecule has 6 nitrogen and oxygen atoms in total. The molecule has 4 atom stereocenters. The van der Waals surface area contributed by atoms with Crippen LogP contribution in [-0.4, -0.2) is 17.2 Å². The highest BCUT2D eigenvalue weighted by Crippen LogP contribution is 2.72. The van der Waals surface area contributed by atoms with Gasteiger partial charge in [0.15, 0.2) is 0 Å². The molecule has 0 saturated heterocycles. The summed E-state index contributed by atoms with van der Waals surface area (Å²) in [7, 11) is 0. The second-order valence-electron chi connectivity index (χ2n) is 7.15. The molecular formula is C18H18N2O4. The van der Waals surface area contributed by atoms with Crippen molar-refractivity contribution in [3.63, 3.8) is 0 Å². The van der Waals surface area contributed by atoms with Crippen LogP contribution in [0, 0.1) is 39.2 Å². The van der Waals surface area contributed by atoms with E-state index in [1.807, 2.05) is 0 Å². The molecule has 3 aliphatic rings. The van der Waals surface area contributed by atoms with Crippen LogP contribution in [0.3, 0.4) is 0 Å². The van der Waals surface area contributed by atoms with Crippen LogP contribution in [0.1, 0.15) is 19.8 Å². The van der Waals surface area contributed by atoms with Gasteiger partial charge in [-0.2, -0.15) is 0 Å². The minimum Gasteiger partial charge on any atom is -0.278 e. The minimum atomic E-state index is -0.529. The van der Waals surface area contributed by atoms with Gasteiger partial charge in [-0.25, -0.2) is 0 Å². The summed E-state index contributed by atoms with van der Waals surface area (Å²) in [6, 6.07) is 5.66. The Labute approximate surface area is 139 Å². The SMILES string of the molecule is C[C@@H]1[C@@H](C(=O)N(C=O)c2cccc([N+](=O)[O-])c2)[C@H]2C=C[C@H]1C21CC1. The first-order valence-corrected chi connectivity index (χ1v) is 8.21. The van der Waals surface area contributed by atoms with E-state index in [0.717, 1.165) is 17.7 Å². The Morgan fingerprint density at radius 3 is 2.62 bits per heavy atom. The molecule has 2 bridgehead atoms. The number of allylic oxidation sites excluding steroid dienone is 2. The van der Waals surface area contributed by atoms with E-state index in [-0.39, 0.29) is 40.5 Å². The van der Waals surface area contributed by atoms with Crippen molar-refractivity contribution < 1.29 is 14.5 Å². The fraction of sp³-hybridized carbons (Fsp3) is 0.444. The molecule has 4 rings (SSSR count). The van der Waals surface area contributed by atoms with E-state index in [1.54, 1.807) is 6.07 Å². The Balaban J connectivity index is 1.66. The van der Waals surface area contributed by atoms with Crippen molar-refractivity contribution in [2.75, 3.05) is 4.90 Å². The summed E-state index contributed by atoms with van der Waals surface area (Å²) in [6.45, 7) is 2.08. The van der Waals surface area contributed by atoms with Crippen LogP contribution in [0.5, 0.6) is 0 Å². The molecule has 2 fully saturated rings. The zero-order valence-electron chi connectivity index (χ0n) is 13.3. The molecule has 1 aromatic rings. The average Bonchev–Trinajstić information content (AvgIpc) is 3.23. The fourth-order valence-electron chi connectivity index (χ4n) is 4.92. The Morgan fingerprint density at radius 2 is 2.04 bits per heavy atom. The molecule has 124 valence electrons. The number of carbonyl (C=O) groups excluding carboxylic acids is 2. The summed E-state index contributed by atoms with van der Waals surface area (Å²) >= 11 is 0. The maximum Gasteiger partial charge on any atom is 0.271 e. The summed E-state index contributed by atoms with van der Waals surface area (Å²) in [5.74, 6) is 0.311. The number of anilines is 1. The number of benzene rings is 1. The van der Waals surface area contributed by atoms with E-state index in [1.165, 1.54) is 18.2 Å². The van der Waals surface area contributed by atoms with Gasteiger partial charge in [-0.15, -0.1) is 0 Å². The maximum atomic E-state index is 13.1. The average molecular weight is 326 g/mol. The number of amides is 2. The standard InChI is InChI=1S/C18H18N2O4/c1-11-14-5-6-15(18(14)7-8-18)16(11)17(22)19(10-21)12-3-2-4-13(9-12)20(23)24/h2-6,9-11,14-16H,7-8H2,1H3/t11-,14+,15+,16+/m0/s1. The van der Waals surface area contributed by atoms with Crippen molar-refractivity contribution >= 4 is 23.7 Å². The molecule has 0 heterocycles. The van der Waals surface area contributed by atoms with Gasteiger partial charge in [-0.05, 0) is 42.1 Å². The lowest BCUT2D eigenvalue weighted by molar-refractivity contribution is -0.384. The molecule has 3 aliphatic carbocycles. The van der Waals surface area contributed by atoms with Crippen molar-refractivity contribution in [1.29, 1.82) is 0 Å². The maximum absolute atomic E-state index is 13.1. The highest BCUT2D eigenvalue weighted by atomic mass is 16.6. The third-order valence-electron chi connectivity index (χ3n) is 6.15. The quantitative estimate of drug-likeness (QED) is 0.369. The summed E-state index contributed by atoms with van der Waals surface area (Å²) in [5, 5.41) is 10.9. The zero-order valence-corrected chi connectivity index (χ0v) is 13.3. The fourth-order valence-corrected chi connectivity index (χ4v) is 4.92. The molecule has 2 amide bonds. The zero-order chi connectivity index (χ0) is 17.1. The summed E-state index contributed by atoms with van der Waals surface area (Å²) in [4.78, 5) is 36.1. The third-order valence-corrected chi connectivity index (χ3v) is 6.15. The molecule has 24 heavy (non-hydrogen) atoms. The molecule has 6 heteroatoms. The third kappa shape index (κ3) is 1.89. The topological polar surface area (TPSA) is 80.5 Å². The Bertz CT molecular complexity index is 768. The molecule has 0 radical (unpaired) electrons. The Morgan fingerprint density at radius 1 is 1.33 bits per heavy atom. The Kier molecular flexibility index (Phi) is 3.13. The lowest BCUT2D eigenvalue weighted by Crippen LogP contribution is -2.39. The smallest absolute Gasteiger partial charge is 0.271 e. The van der Waals surface area contributed by atoms with Crippen LogP contribution in [0.15, 0.2) is 36.4 Å². The van der Waals surface area contributed by atoms with Crippen LogP contribution in [0.2, 0.25) is 0 Å². The first-order valence-electron chi connectivity index (χ1n) is 8.21. The monoisotopic (exact) mass is 326 g/mol. The molecule has 0 aromatic heterocycles. The van der Waals surface area contributed by atoms with Crippen LogP contribution in [0.25, 0.3) is 0 Å². The predicted molar refractivity (Wildman–Crippen MR) is 87.1 cm³/mol. The molecule has 0 unspecified atom stereocenters. The van der Waals surface area contributed by atoms with Crippen LogP contribution < -0.4 is 4.90 Å². The van der Waals surface area contributed by atoms with E-state index < -0.39 is 4.92 Å². The lowest BCUT2D eigenvalue weighted by atomic mass is 9.83. The van der Waals surface area contributed by atoms with Crippen LogP contribution in [0.4, 0.5) is 11.4 Å². The minimum absolute atomic E-state index is 0.133. The number of hydrogen-bond acceptors (Lipinski definition) is 4. The molecule has 0 aliphatic heterocycles. The van der Waals surface area contributed by atoms with Crippen molar-refractivity contribution in [3.8, 4) is 0 Å².